The second-order valence-corrected chi connectivity index (χ2v) is 7.33. The molecule has 0 fully saturated rings. The van der Waals surface area contributed by atoms with Gasteiger partial charge in [0.2, 0.25) is 0 Å². The number of thioether (sulfide) groups is 1. The number of hydrogen-bond acceptors (Lipinski definition) is 5. The molecule has 1 aromatic heterocycles. The summed E-state index contributed by atoms with van der Waals surface area (Å²) in [5.74, 6) is 0.555. The van der Waals surface area contributed by atoms with Gasteiger partial charge in [-0.15, -0.1) is 10.2 Å². The number of methoxy groups -OCH3 is 1. The third kappa shape index (κ3) is 4.14. The lowest BCUT2D eigenvalue weighted by molar-refractivity contribution is -0.139. The van der Waals surface area contributed by atoms with E-state index in [1.165, 1.54) is 18.9 Å². The van der Waals surface area contributed by atoms with Crippen molar-refractivity contribution in [2.75, 3.05) is 7.11 Å². The number of hydrogen-bond donors (Lipinski definition) is 0. The fourth-order valence-electron chi connectivity index (χ4n) is 2.67. The lowest BCUT2D eigenvalue weighted by Crippen LogP contribution is -2.16. The highest BCUT2D eigenvalue weighted by molar-refractivity contribution is 8.00. The first-order chi connectivity index (χ1) is 12.6. The van der Waals surface area contributed by atoms with E-state index in [0.717, 1.165) is 22.6 Å². The smallest absolute Gasteiger partial charge is 0.318 e. The van der Waals surface area contributed by atoms with E-state index in [-0.39, 0.29) is 11.2 Å². The van der Waals surface area contributed by atoms with Crippen LogP contribution in [0, 0.1) is 6.92 Å². The normalized spacial score (nSPS) is 12.0. The fraction of sp³-hybridized carbons (Fsp3) is 0.250. The summed E-state index contributed by atoms with van der Waals surface area (Å²) in [5.41, 5.74) is 3.30. The van der Waals surface area contributed by atoms with Gasteiger partial charge in [0.05, 0.1) is 7.11 Å². The van der Waals surface area contributed by atoms with Crippen LogP contribution in [-0.4, -0.2) is 33.1 Å². The SMILES string of the molecule is COC(=O)[C@H](C)Sc1nnc(Cc2ccccc2)n1-c1cccc(C)c1. The molecule has 0 N–H and O–H groups in total. The number of carbonyl (C=O) groups is 1. The van der Waals surface area contributed by atoms with Crippen LogP contribution in [0.25, 0.3) is 5.69 Å². The highest BCUT2D eigenvalue weighted by Gasteiger charge is 2.21. The van der Waals surface area contributed by atoms with Crippen molar-refractivity contribution < 1.29 is 9.53 Å². The Hall–Kier alpha value is -2.60. The molecule has 0 aliphatic heterocycles. The number of aromatic nitrogens is 3. The Morgan fingerprint density at radius 1 is 1.15 bits per heavy atom. The Kier molecular flexibility index (Phi) is 5.73. The molecule has 6 heteroatoms. The van der Waals surface area contributed by atoms with Crippen molar-refractivity contribution >= 4 is 17.7 Å². The van der Waals surface area contributed by atoms with Crippen molar-refractivity contribution in [1.82, 2.24) is 14.8 Å². The van der Waals surface area contributed by atoms with Crippen molar-refractivity contribution in [1.29, 1.82) is 0 Å². The minimum Gasteiger partial charge on any atom is -0.468 e. The molecule has 1 atom stereocenters. The van der Waals surface area contributed by atoms with Crippen LogP contribution in [0.15, 0.2) is 59.8 Å². The number of aryl methyl sites for hydroxylation is 1. The molecule has 0 aliphatic carbocycles. The quantitative estimate of drug-likeness (QED) is 0.490. The average Bonchev–Trinajstić information content (AvgIpc) is 3.03. The Morgan fingerprint density at radius 2 is 1.92 bits per heavy atom. The zero-order valence-corrected chi connectivity index (χ0v) is 15.9. The Bertz CT molecular complexity index is 893. The van der Waals surface area contributed by atoms with Crippen LogP contribution >= 0.6 is 11.8 Å². The van der Waals surface area contributed by atoms with Gasteiger partial charge in [0, 0.05) is 12.1 Å². The van der Waals surface area contributed by atoms with E-state index in [1.807, 2.05) is 41.8 Å². The molecular formula is C20H21N3O2S. The summed E-state index contributed by atoms with van der Waals surface area (Å²) in [6.07, 6.45) is 0.662. The van der Waals surface area contributed by atoms with Crippen LogP contribution in [0.3, 0.4) is 0 Å². The first kappa shape index (κ1) is 18.2. The summed E-state index contributed by atoms with van der Waals surface area (Å²) in [6.45, 7) is 3.86. The lowest BCUT2D eigenvalue weighted by Gasteiger charge is -2.13. The molecule has 0 saturated carbocycles. The monoisotopic (exact) mass is 367 g/mol. The number of benzene rings is 2. The van der Waals surface area contributed by atoms with Gasteiger partial charge in [-0.05, 0) is 37.1 Å². The second-order valence-electron chi connectivity index (χ2n) is 6.02. The van der Waals surface area contributed by atoms with Gasteiger partial charge in [-0.1, -0.05) is 54.2 Å². The van der Waals surface area contributed by atoms with Gasteiger partial charge < -0.3 is 4.74 Å². The van der Waals surface area contributed by atoms with E-state index >= 15 is 0 Å². The third-order valence-corrected chi connectivity index (χ3v) is 5.00. The molecule has 0 amide bonds. The summed E-state index contributed by atoms with van der Waals surface area (Å²) in [7, 11) is 1.39. The molecule has 3 rings (SSSR count). The summed E-state index contributed by atoms with van der Waals surface area (Å²) < 4.78 is 6.85. The van der Waals surface area contributed by atoms with Gasteiger partial charge in [-0.2, -0.15) is 0 Å². The standard InChI is InChI=1S/C20H21N3O2S/c1-14-8-7-11-17(12-14)23-18(13-16-9-5-4-6-10-16)21-22-20(23)26-15(2)19(24)25-3/h4-12,15H,13H2,1-3H3/t15-/m0/s1. The Morgan fingerprint density at radius 3 is 2.62 bits per heavy atom. The highest BCUT2D eigenvalue weighted by Crippen LogP contribution is 2.27. The van der Waals surface area contributed by atoms with E-state index in [9.17, 15) is 4.79 Å². The van der Waals surface area contributed by atoms with Gasteiger partial charge in [0.15, 0.2) is 5.16 Å². The summed E-state index contributed by atoms with van der Waals surface area (Å²) in [6, 6.07) is 18.3. The van der Waals surface area contributed by atoms with Gasteiger partial charge in [0.25, 0.3) is 0 Å². The van der Waals surface area contributed by atoms with Gasteiger partial charge in [-0.25, -0.2) is 0 Å². The van der Waals surface area contributed by atoms with Crippen LogP contribution in [0.2, 0.25) is 0 Å². The van der Waals surface area contributed by atoms with Crippen molar-refractivity contribution in [3.8, 4) is 5.69 Å². The summed E-state index contributed by atoms with van der Waals surface area (Å²) >= 11 is 1.35. The van der Waals surface area contributed by atoms with E-state index < -0.39 is 0 Å². The van der Waals surface area contributed by atoms with Crippen molar-refractivity contribution in [3.63, 3.8) is 0 Å². The number of carbonyl (C=O) groups excluding carboxylic acids is 1. The Balaban J connectivity index is 2.00. The molecule has 0 bridgehead atoms. The lowest BCUT2D eigenvalue weighted by atomic mass is 10.1. The number of rotatable bonds is 6. The minimum atomic E-state index is -0.364. The zero-order valence-electron chi connectivity index (χ0n) is 15.0. The maximum Gasteiger partial charge on any atom is 0.318 e. The first-order valence-corrected chi connectivity index (χ1v) is 9.26. The Labute approximate surface area is 157 Å². The van der Waals surface area contributed by atoms with Gasteiger partial charge >= 0.3 is 5.97 Å². The molecule has 2 aromatic carbocycles. The molecule has 5 nitrogen and oxygen atoms in total. The van der Waals surface area contributed by atoms with Crippen molar-refractivity contribution in [3.05, 3.63) is 71.5 Å². The molecule has 134 valence electrons. The third-order valence-electron chi connectivity index (χ3n) is 3.98. The minimum absolute atomic E-state index is 0.279. The van der Waals surface area contributed by atoms with Crippen LogP contribution < -0.4 is 0 Å². The highest BCUT2D eigenvalue weighted by atomic mass is 32.2. The van der Waals surface area contributed by atoms with Crippen molar-refractivity contribution in [2.45, 2.75) is 30.7 Å². The van der Waals surface area contributed by atoms with Crippen LogP contribution in [-0.2, 0) is 16.0 Å². The number of nitrogens with zero attached hydrogens (tertiary/aromatic N) is 3. The predicted octanol–water partition coefficient (Wildman–Crippen LogP) is 3.82. The van der Waals surface area contributed by atoms with Crippen LogP contribution in [0.4, 0.5) is 0 Å². The molecule has 0 spiro atoms. The largest absolute Gasteiger partial charge is 0.468 e. The molecule has 0 radical (unpaired) electrons. The topological polar surface area (TPSA) is 57.0 Å². The van der Waals surface area contributed by atoms with E-state index in [1.54, 1.807) is 0 Å². The maximum absolute atomic E-state index is 11.8. The molecular weight excluding hydrogens is 346 g/mol. The predicted molar refractivity (Wildman–Crippen MR) is 103 cm³/mol. The van der Waals surface area contributed by atoms with E-state index in [0.29, 0.717) is 11.6 Å². The fourth-order valence-corrected chi connectivity index (χ4v) is 3.58. The molecule has 26 heavy (non-hydrogen) atoms. The maximum atomic E-state index is 11.8. The molecule has 0 saturated heterocycles. The summed E-state index contributed by atoms with van der Waals surface area (Å²) in [4.78, 5) is 11.8. The van der Waals surface area contributed by atoms with E-state index in [4.69, 9.17) is 4.74 Å². The van der Waals surface area contributed by atoms with Gasteiger partial charge in [0.1, 0.15) is 11.1 Å². The van der Waals surface area contributed by atoms with Crippen LogP contribution in [0.5, 0.6) is 0 Å². The van der Waals surface area contributed by atoms with Crippen LogP contribution in [0.1, 0.15) is 23.9 Å². The number of ether oxygens (including phenoxy) is 1. The molecule has 3 aromatic rings. The second kappa shape index (κ2) is 8.19. The number of esters is 1. The molecule has 0 aliphatic rings. The van der Waals surface area contributed by atoms with E-state index in [2.05, 4.69) is 41.4 Å². The zero-order chi connectivity index (χ0) is 18.5. The van der Waals surface area contributed by atoms with Gasteiger partial charge in [-0.3, -0.25) is 9.36 Å². The molecule has 1 heterocycles. The summed E-state index contributed by atoms with van der Waals surface area (Å²) in [5, 5.41) is 9.06. The average molecular weight is 367 g/mol. The molecule has 0 unspecified atom stereocenters. The van der Waals surface area contributed by atoms with Crippen molar-refractivity contribution in [2.24, 2.45) is 0 Å². The first-order valence-electron chi connectivity index (χ1n) is 8.38.